The van der Waals surface area contributed by atoms with Crippen LogP contribution in [0.4, 0.5) is 0 Å². The molecule has 4 aliphatic carbocycles. The summed E-state index contributed by atoms with van der Waals surface area (Å²) in [5, 5.41) is 10.6. The molecule has 0 aromatic heterocycles. The second-order valence-corrected chi connectivity index (χ2v) is 13.2. The van der Waals surface area contributed by atoms with E-state index in [1.807, 2.05) is 11.1 Å². The van der Waals surface area contributed by atoms with Crippen LogP contribution in [0, 0.1) is 45.8 Å². The van der Waals surface area contributed by atoms with Crippen molar-refractivity contribution < 1.29 is 5.11 Å². The summed E-state index contributed by atoms with van der Waals surface area (Å²) in [6.45, 7) is 17.6. The fourth-order valence-corrected chi connectivity index (χ4v) is 9.30. The first-order valence-corrected chi connectivity index (χ1v) is 13.5. The van der Waals surface area contributed by atoms with Gasteiger partial charge in [0.1, 0.15) is 0 Å². The van der Waals surface area contributed by atoms with E-state index in [-0.39, 0.29) is 6.10 Å². The van der Waals surface area contributed by atoms with Crippen molar-refractivity contribution in [1.29, 1.82) is 0 Å². The molecule has 0 bridgehead atoms. The van der Waals surface area contributed by atoms with Crippen LogP contribution in [0.2, 0.25) is 0 Å². The third-order valence-corrected chi connectivity index (χ3v) is 11.5. The Hall–Kier alpha value is -0.300. The van der Waals surface area contributed by atoms with Crippen molar-refractivity contribution in [2.24, 2.45) is 45.8 Å². The van der Waals surface area contributed by atoms with E-state index in [0.29, 0.717) is 28.1 Å². The highest BCUT2D eigenvalue weighted by atomic mass is 16.3. The smallest absolute Gasteiger partial charge is 0.0569 e. The Morgan fingerprint density at radius 3 is 2.33 bits per heavy atom. The molecule has 0 aliphatic heterocycles. The lowest BCUT2D eigenvalue weighted by Gasteiger charge is -2.60. The van der Waals surface area contributed by atoms with Gasteiger partial charge in [-0.05, 0) is 97.2 Å². The lowest BCUT2D eigenvalue weighted by molar-refractivity contribution is -0.0413. The second kappa shape index (κ2) is 7.93. The van der Waals surface area contributed by atoms with Gasteiger partial charge in [0.05, 0.1) is 6.10 Å². The topological polar surface area (TPSA) is 20.2 Å². The zero-order valence-corrected chi connectivity index (χ0v) is 21.2. The minimum atomic E-state index is -0.0720. The molecule has 1 heteroatoms. The molecule has 2 fully saturated rings. The van der Waals surface area contributed by atoms with Gasteiger partial charge in [-0.25, -0.2) is 0 Å². The maximum atomic E-state index is 10.6. The predicted molar refractivity (Wildman–Crippen MR) is 128 cm³/mol. The molecule has 1 nitrogen and oxygen atoms in total. The first-order chi connectivity index (χ1) is 14.0. The average Bonchev–Trinajstić information content (AvgIpc) is 2.96. The lowest BCUT2D eigenvalue weighted by Crippen LogP contribution is -2.51. The summed E-state index contributed by atoms with van der Waals surface area (Å²) >= 11 is 0. The number of fused-ring (bicyclic) bond motifs is 4. The fraction of sp³-hybridized carbons (Fsp3) is 0.931. The van der Waals surface area contributed by atoms with Crippen LogP contribution in [-0.4, -0.2) is 11.2 Å². The molecular formula is C29H50O. The molecule has 2 saturated carbocycles. The maximum Gasteiger partial charge on any atom is 0.0569 e. The van der Waals surface area contributed by atoms with Crippen molar-refractivity contribution in [1.82, 2.24) is 0 Å². The highest BCUT2D eigenvalue weighted by Gasteiger charge is 2.62. The summed E-state index contributed by atoms with van der Waals surface area (Å²) in [6.07, 6.45) is 14.6. The highest BCUT2D eigenvalue weighted by Crippen LogP contribution is 2.71. The van der Waals surface area contributed by atoms with E-state index in [9.17, 15) is 5.11 Å². The molecule has 0 spiro atoms. The van der Waals surface area contributed by atoms with Gasteiger partial charge in [-0.15, -0.1) is 0 Å². The van der Waals surface area contributed by atoms with Crippen LogP contribution in [-0.2, 0) is 0 Å². The first-order valence-electron chi connectivity index (χ1n) is 13.5. The Morgan fingerprint density at radius 1 is 0.900 bits per heavy atom. The molecule has 0 saturated heterocycles. The van der Waals surface area contributed by atoms with E-state index in [0.717, 1.165) is 24.2 Å². The van der Waals surface area contributed by atoms with Gasteiger partial charge in [0.25, 0.3) is 0 Å². The van der Waals surface area contributed by atoms with E-state index in [2.05, 4.69) is 48.5 Å². The van der Waals surface area contributed by atoms with Gasteiger partial charge in [-0.1, -0.05) is 78.9 Å². The molecule has 4 aliphatic rings. The number of hydrogen-bond donors (Lipinski definition) is 1. The Bertz CT molecular complexity index is 676. The van der Waals surface area contributed by atoms with Crippen LogP contribution < -0.4 is 0 Å². The number of rotatable bonds is 5. The standard InChI is InChI=1S/C29H50O/c1-19(2)9-8-10-20(3)22-13-17-29(7)25-12-11-23-21(4)26(30)15-16-27(23,5)24(25)14-18-28(22,29)6/h19-23,26,30H,8-18H2,1-7H3/t20-,21+,22-,23+,26+,27+,28-,29+/m1/s1. The van der Waals surface area contributed by atoms with Gasteiger partial charge in [0.15, 0.2) is 0 Å². The van der Waals surface area contributed by atoms with Crippen molar-refractivity contribution in [3.63, 3.8) is 0 Å². The quantitative estimate of drug-likeness (QED) is 0.450. The van der Waals surface area contributed by atoms with Crippen molar-refractivity contribution in [2.75, 3.05) is 0 Å². The molecule has 0 heterocycles. The summed E-state index contributed by atoms with van der Waals surface area (Å²) in [7, 11) is 0. The molecule has 0 radical (unpaired) electrons. The molecule has 4 rings (SSSR count). The molecule has 0 amide bonds. The third kappa shape index (κ3) is 3.27. The van der Waals surface area contributed by atoms with Gasteiger partial charge >= 0.3 is 0 Å². The number of aliphatic hydroxyl groups is 1. The molecule has 0 unspecified atom stereocenters. The van der Waals surface area contributed by atoms with E-state index in [1.165, 1.54) is 64.2 Å². The largest absolute Gasteiger partial charge is 0.393 e. The number of allylic oxidation sites excluding steroid dienone is 2. The Labute approximate surface area is 187 Å². The van der Waals surface area contributed by atoms with Gasteiger partial charge in [-0.3, -0.25) is 0 Å². The van der Waals surface area contributed by atoms with Crippen molar-refractivity contribution >= 4 is 0 Å². The summed E-state index contributed by atoms with van der Waals surface area (Å²) in [6, 6.07) is 0. The van der Waals surface area contributed by atoms with E-state index >= 15 is 0 Å². The zero-order chi connectivity index (χ0) is 21.9. The minimum absolute atomic E-state index is 0.0720. The van der Waals surface area contributed by atoms with Crippen molar-refractivity contribution in [2.45, 2.75) is 125 Å². The van der Waals surface area contributed by atoms with Crippen molar-refractivity contribution in [3.05, 3.63) is 11.1 Å². The van der Waals surface area contributed by atoms with Crippen LogP contribution in [0.25, 0.3) is 0 Å². The van der Waals surface area contributed by atoms with Gasteiger partial charge < -0.3 is 5.11 Å². The van der Waals surface area contributed by atoms with Crippen LogP contribution >= 0.6 is 0 Å². The van der Waals surface area contributed by atoms with E-state index in [4.69, 9.17) is 0 Å². The molecule has 8 atom stereocenters. The molecule has 172 valence electrons. The molecule has 1 N–H and O–H groups in total. The summed E-state index contributed by atoms with van der Waals surface area (Å²) in [5.41, 5.74) is 5.04. The summed E-state index contributed by atoms with van der Waals surface area (Å²) in [4.78, 5) is 0. The maximum absolute atomic E-state index is 10.6. The SMILES string of the molecule is CC(C)CCC[C@@H](C)[C@H]1CC[C@@]2(C)C3=C(CC[C@]12C)[C@@]1(C)CC[C@H](O)[C@@H](C)[C@@H]1CC3. The number of hydrogen-bond acceptors (Lipinski definition) is 1. The first kappa shape index (κ1) is 22.9. The molecule has 30 heavy (non-hydrogen) atoms. The zero-order valence-electron chi connectivity index (χ0n) is 21.2. The Morgan fingerprint density at radius 2 is 1.63 bits per heavy atom. The third-order valence-electron chi connectivity index (χ3n) is 11.5. The second-order valence-electron chi connectivity index (χ2n) is 13.2. The van der Waals surface area contributed by atoms with Crippen LogP contribution in [0.1, 0.15) is 119 Å². The van der Waals surface area contributed by atoms with Crippen LogP contribution in [0.3, 0.4) is 0 Å². The van der Waals surface area contributed by atoms with Gasteiger partial charge in [-0.2, -0.15) is 0 Å². The van der Waals surface area contributed by atoms with E-state index < -0.39 is 0 Å². The summed E-state index contributed by atoms with van der Waals surface area (Å²) < 4.78 is 0. The fourth-order valence-electron chi connectivity index (χ4n) is 9.30. The van der Waals surface area contributed by atoms with Crippen LogP contribution in [0.5, 0.6) is 0 Å². The Balaban J connectivity index is 1.60. The normalized spacial score (nSPS) is 47.1. The Kier molecular flexibility index (Phi) is 6.05. The summed E-state index contributed by atoms with van der Waals surface area (Å²) in [5.74, 6) is 3.78. The van der Waals surface area contributed by atoms with Gasteiger partial charge in [0, 0.05) is 0 Å². The average molecular weight is 415 g/mol. The predicted octanol–water partition coefficient (Wildman–Crippen LogP) is 8.17. The molecular weight excluding hydrogens is 364 g/mol. The lowest BCUT2D eigenvalue weighted by atomic mass is 9.45. The molecule has 0 aromatic carbocycles. The van der Waals surface area contributed by atoms with E-state index in [1.54, 1.807) is 0 Å². The minimum Gasteiger partial charge on any atom is -0.393 e. The number of aliphatic hydroxyl groups excluding tert-OH is 1. The van der Waals surface area contributed by atoms with Gasteiger partial charge in [0.2, 0.25) is 0 Å². The van der Waals surface area contributed by atoms with Crippen molar-refractivity contribution in [3.8, 4) is 0 Å². The monoisotopic (exact) mass is 414 g/mol. The highest BCUT2D eigenvalue weighted by molar-refractivity contribution is 5.38. The molecule has 0 aromatic rings. The van der Waals surface area contributed by atoms with Crippen LogP contribution in [0.15, 0.2) is 11.1 Å².